The molecule has 0 aliphatic carbocycles. The lowest BCUT2D eigenvalue weighted by molar-refractivity contribution is -0.140. The van der Waals surface area contributed by atoms with E-state index in [4.69, 9.17) is 0 Å². The Hall–Kier alpha value is -1.10. The SMILES string of the molecule is CCC1CCCCN1c1nc(CCC(=O)OC)cs1. The first-order valence-corrected chi connectivity index (χ1v) is 7.90. The zero-order valence-electron chi connectivity index (χ0n) is 11.7. The van der Waals surface area contributed by atoms with Crippen LogP contribution in [0.4, 0.5) is 5.13 Å². The van der Waals surface area contributed by atoms with Crippen molar-refractivity contribution in [1.82, 2.24) is 4.98 Å². The molecule has 1 aromatic rings. The molecule has 1 aliphatic heterocycles. The van der Waals surface area contributed by atoms with Gasteiger partial charge in [-0.3, -0.25) is 4.79 Å². The number of thiazole rings is 1. The first-order chi connectivity index (χ1) is 9.24. The molecule has 0 bridgehead atoms. The van der Waals surface area contributed by atoms with E-state index in [2.05, 4.69) is 26.9 Å². The maximum Gasteiger partial charge on any atom is 0.305 e. The molecular formula is C14H22N2O2S. The number of aryl methyl sites for hydroxylation is 1. The summed E-state index contributed by atoms with van der Waals surface area (Å²) in [6, 6.07) is 0.633. The zero-order chi connectivity index (χ0) is 13.7. The summed E-state index contributed by atoms with van der Waals surface area (Å²) in [5, 5.41) is 3.19. The minimum absolute atomic E-state index is 0.168. The fourth-order valence-corrected chi connectivity index (χ4v) is 3.51. The van der Waals surface area contributed by atoms with Crippen LogP contribution in [0, 0.1) is 0 Å². The highest BCUT2D eigenvalue weighted by Crippen LogP contribution is 2.29. The average molecular weight is 282 g/mol. The third-order valence-corrected chi connectivity index (χ3v) is 4.62. The van der Waals surface area contributed by atoms with E-state index in [-0.39, 0.29) is 5.97 Å². The molecule has 0 spiro atoms. The molecule has 0 aromatic carbocycles. The molecule has 0 N–H and O–H groups in total. The number of aromatic nitrogens is 1. The molecule has 19 heavy (non-hydrogen) atoms. The molecule has 5 heteroatoms. The number of esters is 1. The summed E-state index contributed by atoms with van der Waals surface area (Å²) in [6.07, 6.45) is 6.12. The summed E-state index contributed by atoms with van der Waals surface area (Å²) < 4.78 is 4.66. The lowest BCUT2D eigenvalue weighted by Crippen LogP contribution is -2.39. The van der Waals surface area contributed by atoms with Crippen LogP contribution >= 0.6 is 11.3 Å². The van der Waals surface area contributed by atoms with Gasteiger partial charge in [-0.1, -0.05) is 6.92 Å². The normalized spacial score (nSPS) is 19.5. The van der Waals surface area contributed by atoms with Crippen LogP contribution < -0.4 is 4.90 Å². The van der Waals surface area contributed by atoms with Crippen LogP contribution in [-0.2, 0) is 16.0 Å². The highest BCUT2D eigenvalue weighted by atomic mass is 32.1. The second kappa shape index (κ2) is 6.89. The van der Waals surface area contributed by atoms with Crippen LogP contribution in [0.15, 0.2) is 5.38 Å². The van der Waals surface area contributed by atoms with E-state index in [1.54, 1.807) is 11.3 Å². The Morgan fingerprint density at radius 1 is 1.58 bits per heavy atom. The van der Waals surface area contributed by atoms with Gasteiger partial charge in [0.2, 0.25) is 0 Å². The minimum atomic E-state index is -0.168. The van der Waals surface area contributed by atoms with Gasteiger partial charge in [0.1, 0.15) is 0 Å². The summed E-state index contributed by atoms with van der Waals surface area (Å²) in [4.78, 5) is 18.3. The predicted molar refractivity (Wildman–Crippen MR) is 77.7 cm³/mol. The second-order valence-corrected chi connectivity index (χ2v) is 5.79. The van der Waals surface area contributed by atoms with Gasteiger partial charge in [-0.05, 0) is 25.7 Å². The Balaban J connectivity index is 1.97. The zero-order valence-corrected chi connectivity index (χ0v) is 12.5. The first kappa shape index (κ1) is 14.3. The maximum absolute atomic E-state index is 11.1. The van der Waals surface area contributed by atoms with Crippen molar-refractivity contribution in [3.63, 3.8) is 0 Å². The average Bonchev–Trinajstić information content (AvgIpc) is 2.93. The Labute approximate surface area is 118 Å². The molecule has 1 aliphatic rings. The van der Waals surface area contributed by atoms with E-state index in [1.165, 1.54) is 32.8 Å². The van der Waals surface area contributed by atoms with Crippen LogP contribution in [0.2, 0.25) is 0 Å². The quantitative estimate of drug-likeness (QED) is 0.779. The number of methoxy groups -OCH3 is 1. The molecule has 1 unspecified atom stereocenters. The Morgan fingerprint density at radius 3 is 3.16 bits per heavy atom. The Bertz CT molecular complexity index is 419. The van der Waals surface area contributed by atoms with Gasteiger partial charge >= 0.3 is 5.97 Å². The number of carbonyl (C=O) groups is 1. The van der Waals surface area contributed by atoms with E-state index in [0.29, 0.717) is 18.9 Å². The van der Waals surface area contributed by atoms with Crippen molar-refractivity contribution >= 4 is 22.4 Å². The van der Waals surface area contributed by atoms with E-state index in [9.17, 15) is 4.79 Å². The molecular weight excluding hydrogens is 260 g/mol. The van der Waals surface area contributed by atoms with Crippen molar-refractivity contribution in [3.05, 3.63) is 11.1 Å². The van der Waals surface area contributed by atoms with Crippen molar-refractivity contribution in [2.75, 3.05) is 18.6 Å². The van der Waals surface area contributed by atoms with Crippen molar-refractivity contribution in [3.8, 4) is 0 Å². The third kappa shape index (κ3) is 3.69. The number of carbonyl (C=O) groups excluding carboxylic acids is 1. The fraction of sp³-hybridized carbons (Fsp3) is 0.714. The monoisotopic (exact) mass is 282 g/mol. The van der Waals surface area contributed by atoms with Crippen LogP contribution in [0.3, 0.4) is 0 Å². The number of rotatable bonds is 5. The summed E-state index contributed by atoms with van der Waals surface area (Å²) in [6.45, 7) is 3.36. The lowest BCUT2D eigenvalue weighted by Gasteiger charge is -2.35. The van der Waals surface area contributed by atoms with Crippen LogP contribution in [0.25, 0.3) is 0 Å². The van der Waals surface area contributed by atoms with Gasteiger partial charge in [-0.15, -0.1) is 11.3 Å². The number of hydrogen-bond donors (Lipinski definition) is 0. The van der Waals surface area contributed by atoms with Crippen molar-refractivity contribution in [2.24, 2.45) is 0 Å². The van der Waals surface area contributed by atoms with Crippen molar-refractivity contribution in [2.45, 2.75) is 51.5 Å². The van der Waals surface area contributed by atoms with Crippen molar-refractivity contribution in [1.29, 1.82) is 0 Å². The first-order valence-electron chi connectivity index (χ1n) is 7.02. The van der Waals surface area contributed by atoms with E-state index in [0.717, 1.165) is 17.4 Å². The third-order valence-electron chi connectivity index (χ3n) is 3.70. The summed E-state index contributed by atoms with van der Waals surface area (Å²) >= 11 is 1.70. The topological polar surface area (TPSA) is 42.4 Å². The van der Waals surface area contributed by atoms with Gasteiger partial charge in [0.05, 0.1) is 19.2 Å². The number of ether oxygens (including phenoxy) is 1. The lowest BCUT2D eigenvalue weighted by atomic mass is 10.0. The number of piperidine rings is 1. The van der Waals surface area contributed by atoms with Gasteiger partial charge in [0.15, 0.2) is 5.13 Å². The Morgan fingerprint density at radius 2 is 2.42 bits per heavy atom. The maximum atomic E-state index is 11.1. The molecule has 1 atom stereocenters. The minimum Gasteiger partial charge on any atom is -0.469 e. The van der Waals surface area contributed by atoms with Gasteiger partial charge in [-0.25, -0.2) is 4.98 Å². The molecule has 2 rings (SSSR count). The molecule has 4 nitrogen and oxygen atoms in total. The molecule has 106 valence electrons. The van der Waals surface area contributed by atoms with Crippen molar-refractivity contribution < 1.29 is 9.53 Å². The summed E-state index contributed by atoms with van der Waals surface area (Å²) in [7, 11) is 1.42. The summed E-state index contributed by atoms with van der Waals surface area (Å²) in [5.41, 5.74) is 1.01. The van der Waals surface area contributed by atoms with Crippen LogP contribution in [-0.4, -0.2) is 30.6 Å². The smallest absolute Gasteiger partial charge is 0.305 e. The van der Waals surface area contributed by atoms with E-state index >= 15 is 0 Å². The number of anilines is 1. The predicted octanol–water partition coefficient (Wildman–Crippen LogP) is 3.02. The summed E-state index contributed by atoms with van der Waals surface area (Å²) in [5.74, 6) is -0.168. The largest absolute Gasteiger partial charge is 0.469 e. The van der Waals surface area contributed by atoms with Gasteiger partial charge in [0.25, 0.3) is 0 Å². The standard InChI is InChI=1S/C14H22N2O2S/c1-3-12-6-4-5-9-16(12)14-15-11(10-19-14)7-8-13(17)18-2/h10,12H,3-9H2,1-2H3. The fourth-order valence-electron chi connectivity index (χ4n) is 2.55. The Kier molecular flexibility index (Phi) is 5.19. The highest BCUT2D eigenvalue weighted by Gasteiger charge is 2.23. The molecule has 1 saturated heterocycles. The molecule has 0 radical (unpaired) electrons. The molecule has 1 aromatic heterocycles. The highest BCUT2D eigenvalue weighted by molar-refractivity contribution is 7.13. The van der Waals surface area contributed by atoms with Gasteiger partial charge in [0, 0.05) is 24.4 Å². The van der Waals surface area contributed by atoms with E-state index in [1.807, 2.05) is 0 Å². The van der Waals surface area contributed by atoms with Crippen LogP contribution in [0.5, 0.6) is 0 Å². The molecule has 2 heterocycles. The van der Waals surface area contributed by atoms with Gasteiger partial charge < -0.3 is 9.64 Å². The number of hydrogen-bond acceptors (Lipinski definition) is 5. The van der Waals surface area contributed by atoms with Gasteiger partial charge in [-0.2, -0.15) is 0 Å². The van der Waals surface area contributed by atoms with Crippen LogP contribution in [0.1, 0.15) is 44.7 Å². The number of nitrogens with zero attached hydrogens (tertiary/aromatic N) is 2. The molecule has 0 saturated carbocycles. The molecule has 0 amide bonds. The molecule has 1 fully saturated rings. The second-order valence-electron chi connectivity index (χ2n) is 4.95. The van der Waals surface area contributed by atoms with E-state index < -0.39 is 0 Å².